The minimum absolute atomic E-state index is 0.145. The molecule has 0 unspecified atom stereocenters. The average molecular weight is 354 g/mol. The van der Waals surface area contributed by atoms with Gasteiger partial charge in [-0.25, -0.2) is 0 Å². The number of nitrogens with zero attached hydrogens (tertiary/aromatic N) is 2. The summed E-state index contributed by atoms with van der Waals surface area (Å²) in [4.78, 5) is 31.4. The Morgan fingerprint density at radius 2 is 2.15 bits per heavy atom. The number of fused-ring (bicyclic) bond motifs is 2. The van der Waals surface area contributed by atoms with Crippen molar-refractivity contribution >= 4 is 22.8 Å². The fourth-order valence-corrected chi connectivity index (χ4v) is 4.28. The highest BCUT2D eigenvalue weighted by atomic mass is 16.5. The summed E-state index contributed by atoms with van der Waals surface area (Å²) in [5, 5.41) is 10.7. The molecular formula is C20H22N2O4. The lowest BCUT2D eigenvalue weighted by Crippen LogP contribution is -2.45. The predicted octanol–water partition coefficient (Wildman–Crippen LogP) is 2.41. The standard InChI is InChI=1S/C20H22N2O4/c1-12-4-3-5-14-8-16(13(2)21-17(12)14)18(23)22-9-15-10-26-7-6-20(15,11-22)19(24)25/h3-5,8,15H,6-7,9-11H2,1-2H3,(H,24,25)/t15-,20+/m1/s1. The molecule has 0 aliphatic carbocycles. The van der Waals surface area contributed by atoms with Crippen molar-refractivity contribution in [3.05, 3.63) is 41.1 Å². The van der Waals surface area contributed by atoms with Crippen LogP contribution in [-0.4, -0.2) is 53.2 Å². The second-order valence-electron chi connectivity index (χ2n) is 7.44. The normalized spacial score (nSPS) is 25.3. The van der Waals surface area contributed by atoms with E-state index in [0.29, 0.717) is 37.4 Å². The lowest BCUT2D eigenvalue weighted by molar-refractivity contribution is -0.157. The van der Waals surface area contributed by atoms with E-state index in [4.69, 9.17) is 4.74 Å². The number of carboxylic acid groups (broad SMARTS) is 1. The van der Waals surface area contributed by atoms with E-state index in [1.807, 2.05) is 38.1 Å². The third-order valence-electron chi connectivity index (χ3n) is 5.89. The first kappa shape index (κ1) is 17.0. The molecule has 0 radical (unpaired) electrons. The summed E-state index contributed by atoms with van der Waals surface area (Å²) in [5.74, 6) is -1.13. The number of hydrogen-bond donors (Lipinski definition) is 1. The molecule has 6 heteroatoms. The molecule has 0 bridgehead atoms. The molecule has 4 rings (SSSR count). The van der Waals surface area contributed by atoms with E-state index in [2.05, 4.69) is 4.98 Å². The van der Waals surface area contributed by atoms with E-state index >= 15 is 0 Å². The first-order valence-electron chi connectivity index (χ1n) is 8.90. The van der Waals surface area contributed by atoms with E-state index in [1.54, 1.807) is 4.90 Å². The number of ether oxygens (including phenoxy) is 1. The van der Waals surface area contributed by atoms with Crippen LogP contribution in [0.25, 0.3) is 10.9 Å². The highest BCUT2D eigenvalue weighted by molar-refractivity contribution is 5.99. The van der Waals surface area contributed by atoms with Crippen molar-refractivity contribution in [2.75, 3.05) is 26.3 Å². The fraction of sp³-hybridized carbons (Fsp3) is 0.450. The van der Waals surface area contributed by atoms with Crippen LogP contribution < -0.4 is 0 Å². The van der Waals surface area contributed by atoms with Crippen LogP contribution >= 0.6 is 0 Å². The minimum Gasteiger partial charge on any atom is -0.481 e. The molecule has 26 heavy (non-hydrogen) atoms. The van der Waals surface area contributed by atoms with Crippen molar-refractivity contribution in [1.29, 1.82) is 0 Å². The van der Waals surface area contributed by atoms with Gasteiger partial charge in [-0.2, -0.15) is 0 Å². The summed E-state index contributed by atoms with van der Waals surface area (Å²) in [6.45, 7) is 5.30. The highest BCUT2D eigenvalue weighted by Gasteiger charge is 2.55. The van der Waals surface area contributed by atoms with Gasteiger partial charge in [0.25, 0.3) is 5.91 Å². The van der Waals surface area contributed by atoms with Gasteiger partial charge in [0.15, 0.2) is 0 Å². The smallest absolute Gasteiger partial charge is 0.311 e. The number of amides is 1. The monoisotopic (exact) mass is 354 g/mol. The van der Waals surface area contributed by atoms with Crippen LogP contribution in [0.1, 0.15) is 28.0 Å². The number of pyridine rings is 1. The summed E-state index contributed by atoms with van der Waals surface area (Å²) in [5.41, 5.74) is 2.30. The number of benzene rings is 1. The zero-order valence-electron chi connectivity index (χ0n) is 15.0. The maximum absolute atomic E-state index is 13.2. The summed E-state index contributed by atoms with van der Waals surface area (Å²) in [7, 11) is 0. The van der Waals surface area contributed by atoms with Gasteiger partial charge in [-0.1, -0.05) is 18.2 Å². The maximum atomic E-state index is 13.2. The number of aryl methyl sites for hydroxylation is 2. The summed E-state index contributed by atoms with van der Waals surface area (Å²) in [6.07, 6.45) is 0.449. The first-order valence-corrected chi connectivity index (χ1v) is 8.90. The molecule has 3 heterocycles. The Bertz CT molecular complexity index is 910. The Kier molecular flexibility index (Phi) is 3.95. The van der Waals surface area contributed by atoms with Crippen LogP contribution in [0, 0.1) is 25.2 Å². The number of rotatable bonds is 2. The molecule has 2 aromatic rings. The molecule has 1 aromatic carbocycles. The van der Waals surface area contributed by atoms with Crippen molar-refractivity contribution in [2.24, 2.45) is 11.3 Å². The SMILES string of the molecule is Cc1nc2c(C)cccc2cc1C(=O)N1C[C@@H]2COCC[C@]2(C(=O)O)C1. The van der Waals surface area contributed by atoms with Gasteiger partial charge in [0.1, 0.15) is 0 Å². The summed E-state index contributed by atoms with van der Waals surface area (Å²) in [6, 6.07) is 7.77. The third kappa shape index (κ3) is 2.48. The quantitative estimate of drug-likeness (QED) is 0.896. The van der Waals surface area contributed by atoms with Crippen LogP contribution in [0.3, 0.4) is 0 Å². The number of carboxylic acids is 1. The van der Waals surface area contributed by atoms with Gasteiger partial charge in [0.2, 0.25) is 0 Å². The molecule has 136 valence electrons. The molecule has 0 saturated carbocycles. The zero-order chi connectivity index (χ0) is 18.5. The molecule has 2 aliphatic heterocycles. The van der Waals surface area contributed by atoms with E-state index in [1.165, 1.54) is 0 Å². The minimum atomic E-state index is -0.886. The van der Waals surface area contributed by atoms with Crippen LogP contribution in [0.2, 0.25) is 0 Å². The summed E-state index contributed by atoms with van der Waals surface area (Å²) < 4.78 is 5.47. The van der Waals surface area contributed by atoms with Crippen LogP contribution in [0.15, 0.2) is 24.3 Å². The van der Waals surface area contributed by atoms with Gasteiger partial charge in [-0.3, -0.25) is 14.6 Å². The molecule has 0 spiro atoms. The number of aliphatic carboxylic acids is 1. The second-order valence-corrected chi connectivity index (χ2v) is 7.44. The lowest BCUT2D eigenvalue weighted by atomic mass is 9.74. The number of likely N-dealkylation sites (tertiary alicyclic amines) is 1. The molecular weight excluding hydrogens is 332 g/mol. The number of carbonyl (C=O) groups is 2. The first-order chi connectivity index (χ1) is 12.4. The molecule has 2 saturated heterocycles. The Balaban J connectivity index is 1.69. The second kappa shape index (κ2) is 6.06. The van der Waals surface area contributed by atoms with Gasteiger partial charge < -0.3 is 14.7 Å². The third-order valence-corrected chi connectivity index (χ3v) is 5.89. The van der Waals surface area contributed by atoms with Crippen molar-refractivity contribution in [3.8, 4) is 0 Å². The zero-order valence-corrected chi connectivity index (χ0v) is 15.0. The van der Waals surface area contributed by atoms with Crippen LogP contribution in [0.5, 0.6) is 0 Å². The van der Waals surface area contributed by atoms with E-state index in [-0.39, 0.29) is 18.4 Å². The Labute approximate surface area is 151 Å². The molecule has 2 atom stereocenters. The molecule has 1 amide bonds. The van der Waals surface area contributed by atoms with Gasteiger partial charge >= 0.3 is 5.97 Å². The maximum Gasteiger partial charge on any atom is 0.311 e. The van der Waals surface area contributed by atoms with E-state index in [9.17, 15) is 14.7 Å². The molecule has 1 N–H and O–H groups in total. The van der Waals surface area contributed by atoms with Crippen molar-refractivity contribution in [3.63, 3.8) is 0 Å². The molecule has 2 aliphatic rings. The Morgan fingerprint density at radius 3 is 2.88 bits per heavy atom. The van der Waals surface area contributed by atoms with Crippen molar-refractivity contribution in [2.45, 2.75) is 20.3 Å². The van der Waals surface area contributed by atoms with Gasteiger partial charge in [0, 0.05) is 31.0 Å². The largest absolute Gasteiger partial charge is 0.481 e. The number of carbonyl (C=O) groups excluding carboxylic acids is 1. The number of hydrogen-bond acceptors (Lipinski definition) is 4. The molecule has 6 nitrogen and oxygen atoms in total. The van der Waals surface area contributed by atoms with E-state index in [0.717, 1.165) is 16.5 Å². The molecule has 1 aromatic heterocycles. The lowest BCUT2D eigenvalue weighted by Gasteiger charge is -2.33. The van der Waals surface area contributed by atoms with Gasteiger partial charge in [0.05, 0.1) is 28.8 Å². The topological polar surface area (TPSA) is 79.7 Å². The Morgan fingerprint density at radius 1 is 1.35 bits per heavy atom. The van der Waals surface area contributed by atoms with Gasteiger partial charge in [-0.15, -0.1) is 0 Å². The van der Waals surface area contributed by atoms with Crippen LogP contribution in [-0.2, 0) is 9.53 Å². The molecule has 2 fully saturated rings. The van der Waals surface area contributed by atoms with Crippen molar-refractivity contribution in [1.82, 2.24) is 9.88 Å². The average Bonchev–Trinajstić information content (AvgIpc) is 3.03. The van der Waals surface area contributed by atoms with E-state index < -0.39 is 11.4 Å². The van der Waals surface area contributed by atoms with Gasteiger partial charge in [-0.05, 0) is 31.9 Å². The van der Waals surface area contributed by atoms with Crippen molar-refractivity contribution < 1.29 is 19.4 Å². The van der Waals surface area contributed by atoms with Crippen LogP contribution in [0.4, 0.5) is 0 Å². The Hall–Kier alpha value is -2.47. The number of aromatic nitrogens is 1. The highest BCUT2D eigenvalue weighted by Crippen LogP contribution is 2.43. The number of para-hydroxylation sites is 1. The summed E-state index contributed by atoms with van der Waals surface area (Å²) >= 11 is 0. The fourth-order valence-electron chi connectivity index (χ4n) is 4.28. The predicted molar refractivity (Wildman–Crippen MR) is 96.1 cm³/mol.